The van der Waals surface area contributed by atoms with Crippen molar-refractivity contribution in [3.8, 4) is 0 Å². The van der Waals surface area contributed by atoms with Gasteiger partial charge in [-0.05, 0) is 52.0 Å². The number of carbonyl (C=O) groups is 1. The highest BCUT2D eigenvalue weighted by Crippen LogP contribution is 2.39. The molecule has 1 aromatic carbocycles. The first-order valence-corrected chi connectivity index (χ1v) is 7.46. The van der Waals surface area contributed by atoms with Crippen LogP contribution in [0.3, 0.4) is 0 Å². The van der Waals surface area contributed by atoms with Crippen LogP contribution in [0.2, 0.25) is 0 Å². The minimum atomic E-state index is -4.34. The Kier molecular flexibility index (Phi) is 5.78. The molecule has 0 N–H and O–H groups in total. The van der Waals surface area contributed by atoms with Gasteiger partial charge in [0.1, 0.15) is 5.78 Å². The molecule has 0 saturated carbocycles. The standard InChI is InChI=1S/C10H7BrF3IOS/c11-5-6(16)4-7-8(15)2-1-3-9(7)17-10(12,13)14/h1-3H,4-5H2. The molecular formula is C10H7BrF3IOS. The summed E-state index contributed by atoms with van der Waals surface area (Å²) in [5.74, 6) is -0.141. The number of alkyl halides is 4. The molecule has 94 valence electrons. The third-order valence-corrected chi connectivity index (χ3v) is 4.29. The van der Waals surface area contributed by atoms with E-state index < -0.39 is 5.51 Å². The van der Waals surface area contributed by atoms with Gasteiger partial charge in [0, 0.05) is 14.9 Å². The first kappa shape index (κ1) is 15.3. The fourth-order valence-corrected chi connectivity index (χ4v) is 2.95. The minimum absolute atomic E-state index is 0.0166. The number of hydrogen-bond donors (Lipinski definition) is 0. The summed E-state index contributed by atoms with van der Waals surface area (Å²) in [7, 11) is 0. The molecule has 0 aliphatic heterocycles. The van der Waals surface area contributed by atoms with E-state index >= 15 is 0 Å². The van der Waals surface area contributed by atoms with Gasteiger partial charge in [0.25, 0.3) is 0 Å². The lowest BCUT2D eigenvalue weighted by Gasteiger charge is -2.12. The van der Waals surface area contributed by atoms with Gasteiger partial charge in [-0.1, -0.05) is 22.0 Å². The van der Waals surface area contributed by atoms with Crippen molar-refractivity contribution in [3.63, 3.8) is 0 Å². The van der Waals surface area contributed by atoms with Crippen molar-refractivity contribution in [1.82, 2.24) is 0 Å². The minimum Gasteiger partial charge on any atom is -0.298 e. The first-order valence-electron chi connectivity index (χ1n) is 4.44. The Morgan fingerprint density at radius 1 is 1.41 bits per heavy atom. The zero-order valence-corrected chi connectivity index (χ0v) is 12.9. The van der Waals surface area contributed by atoms with Crippen LogP contribution < -0.4 is 0 Å². The summed E-state index contributed by atoms with van der Waals surface area (Å²) in [6, 6.07) is 4.63. The van der Waals surface area contributed by atoms with Gasteiger partial charge in [-0.3, -0.25) is 4.79 Å². The molecule has 0 spiro atoms. The lowest BCUT2D eigenvalue weighted by atomic mass is 10.1. The van der Waals surface area contributed by atoms with E-state index in [0.29, 0.717) is 9.13 Å². The quantitative estimate of drug-likeness (QED) is 0.393. The maximum Gasteiger partial charge on any atom is 0.446 e. The molecule has 0 amide bonds. The van der Waals surface area contributed by atoms with E-state index in [4.69, 9.17) is 0 Å². The molecular weight excluding hydrogens is 432 g/mol. The van der Waals surface area contributed by atoms with Gasteiger partial charge in [-0.25, -0.2) is 0 Å². The van der Waals surface area contributed by atoms with Gasteiger partial charge in [0.2, 0.25) is 0 Å². The number of thioether (sulfide) groups is 1. The Morgan fingerprint density at radius 2 is 2.06 bits per heavy atom. The molecule has 0 atom stereocenters. The number of halogens is 5. The van der Waals surface area contributed by atoms with Crippen LogP contribution in [0, 0.1) is 3.57 Å². The summed E-state index contributed by atoms with van der Waals surface area (Å²) < 4.78 is 37.7. The lowest BCUT2D eigenvalue weighted by Crippen LogP contribution is -2.08. The molecule has 17 heavy (non-hydrogen) atoms. The Morgan fingerprint density at radius 3 is 2.59 bits per heavy atom. The smallest absolute Gasteiger partial charge is 0.298 e. The molecule has 1 rings (SSSR count). The Bertz CT molecular complexity index is 423. The molecule has 0 fully saturated rings. The average molecular weight is 439 g/mol. The van der Waals surface area contributed by atoms with E-state index in [1.165, 1.54) is 6.07 Å². The van der Waals surface area contributed by atoms with Crippen molar-refractivity contribution in [1.29, 1.82) is 0 Å². The lowest BCUT2D eigenvalue weighted by molar-refractivity contribution is -0.115. The molecule has 0 unspecified atom stereocenters. The van der Waals surface area contributed by atoms with E-state index in [1.807, 2.05) is 22.6 Å². The van der Waals surface area contributed by atoms with Crippen molar-refractivity contribution in [2.24, 2.45) is 0 Å². The van der Waals surface area contributed by atoms with Gasteiger partial charge in [-0.2, -0.15) is 13.2 Å². The van der Waals surface area contributed by atoms with E-state index in [0.717, 1.165) is 0 Å². The fourth-order valence-electron chi connectivity index (χ4n) is 1.18. The maximum atomic E-state index is 12.3. The molecule has 0 radical (unpaired) electrons. The van der Waals surface area contributed by atoms with Gasteiger partial charge >= 0.3 is 5.51 Å². The molecule has 0 aliphatic rings. The predicted molar refractivity (Wildman–Crippen MR) is 73.6 cm³/mol. The van der Waals surface area contributed by atoms with Gasteiger partial charge in [0.05, 0.1) is 5.33 Å². The summed E-state index contributed by atoms with van der Waals surface area (Å²) in [4.78, 5) is 11.4. The Balaban J connectivity index is 3.04. The predicted octanol–water partition coefficient (Wildman–Crippen LogP) is 4.41. The summed E-state index contributed by atoms with van der Waals surface area (Å²) in [6.45, 7) is 0. The fraction of sp³-hybridized carbons (Fsp3) is 0.300. The van der Waals surface area contributed by atoms with Crippen molar-refractivity contribution >= 4 is 56.1 Å². The van der Waals surface area contributed by atoms with Gasteiger partial charge in [0.15, 0.2) is 0 Å². The highest BCUT2D eigenvalue weighted by molar-refractivity contribution is 14.1. The molecule has 0 heterocycles. The van der Waals surface area contributed by atoms with Crippen molar-refractivity contribution < 1.29 is 18.0 Å². The Labute approximate surface area is 123 Å². The molecule has 0 saturated heterocycles. The van der Waals surface area contributed by atoms with Crippen LogP contribution in [-0.4, -0.2) is 16.6 Å². The van der Waals surface area contributed by atoms with E-state index in [1.54, 1.807) is 12.1 Å². The third-order valence-electron chi connectivity index (χ3n) is 1.82. The van der Waals surface area contributed by atoms with Crippen LogP contribution >= 0.6 is 50.3 Å². The second-order valence-electron chi connectivity index (χ2n) is 3.11. The second kappa shape index (κ2) is 6.42. The maximum absolute atomic E-state index is 12.3. The summed E-state index contributed by atoms with van der Waals surface area (Å²) in [5.41, 5.74) is -3.89. The molecule has 7 heteroatoms. The molecule has 1 aromatic rings. The number of hydrogen-bond acceptors (Lipinski definition) is 2. The third kappa shape index (κ3) is 5.17. The van der Waals surface area contributed by atoms with Gasteiger partial charge in [-0.15, -0.1) is 0 Å². The topological polar surface area (TPSA) is 17.1 Å². The Hall–Kier alpha value is 0.240. The summed E-state index contributed by atoms with van der Waals surface area (Å²) in [6.07, 6.45) is 0.0166. The van der Waals surface area contributed by atoms with E-state index in [9.17, 15) is 18.0 Å². The van der Waals surface area contributed by atoms with Crippen LogP contribution in [0.25, 0.3) is 0 Å². The van der Waals surface area contributed by atoms with Crippen LogP contribution in [-0.2, 0) is 11.2 Å². The SMILES string of the molecule is O=C(CBr)Cc1c(I)cccc1SC(F)(F)F. The first-order chi connectivity index (χ1) is 7.83. The van der Waals surface area contributed by atoms with Crippen molar-refractivity contribution in [2.75, 3.05) is 5.33 Å². The van der Waals surface area contributed by atoms with E-state index in [-0.39, 0.29) is 34.2 Å². The van der Waals surface area contributed by atoms with E-state index in [2.05, 4.69) is 15.9 Å². The second-order valence-corrected chi connectivity index (χ2v) is 5.94. The molecule has 0 bridgehead atoms. The number of benzene rings is 1. The van der Waals surface area contributed by atoms with Crippen molar-refractivity contribution in [3.05, 3.63) is 27.3 Å². The average Bonchev–Trinajstić information content (AvgIpc) is 2.20. The largest absolute Gasteiger partial charge is 0.446 e. The monoisotopic (exact) mass is 438 g/mol. The van der Waals surface area contributed by atoms with Gasteiger partial charge < -0.3 is 0 Å². The number of carbonyl (C=O) groups excluding carboxylic acids is 1. The molecule has 0 aliphatic carbocycles. The zero-order valence-electron chi connectivity index (χ0n) is 8.35. The van der Waals surface area contributed by atoms with Crippen LogP contribution in [0.15, 0.2) is 23.1 Å². The highest BCUT2D eigenvalue weighted by Gasteiger charge is 2.30. The summed E-state index contributed by atoms with van der Waals surface area (Å²) in [5, 5.41) is 0.147. The van der Waals surface area contributed by atoms with Crippen molar-refractivity contribution in [2.45, 2.75) is 16.8 Å². The molecule has 1 nitrogen and oxygen atoms in total. The number of rotatable bonds is 4. The van der Waals surface area contributed by atoms with Crippen LogP contribution in [0.1, 0.15) is 5.56 Å². The zero-order chi connectivity index (χ0) is 13.1. The summed E-state index contributed by atoms with van der Waals surface area (Å²) >= 11 is 4.76. The van der Waals surface area contributed by atoms with Crippen LogP contribution in [0.5, 0.6) is 0 Å². The van der Waals surface area contributed by atoms with Crippen LogP contribution in [0.4, 0.5) is 13.2 Å². The highest BCUT2D eigenvalue weighted by atomic mass is 127. The number of ketones is 1. The molecule has 0 aromatic heterocycles. The normalized spacial score (nSPS) is 11.6. The number of Topliss-reactive ketones (excluding diaryl/α,β-unsaturated/α-hetero) is 1.